The number of rotatable bonds is 3. The molecule has 3 atom stereocenters. The van der Waals surface area contributed by atoms with E-state index in [2.05, 4.69) is 26.1 Å². The molecule has 1 aromatic rings. The highest BCUT2D eigenvalue weighted by atomic mass is 35.5. The zero-order valence-corrected chi connectivity index (χ0v) is 12.6. The molecule has 19 heavy (non-hydrogen) atoms. The quantitative estimate of drug-likeness (QED) is 0.922. The van der Waals surface area contributed by atoms with Crippen LogP contribution in [-0.2, 0) is 4.79 Å². The fourth-order valence-corrected chi connectivity index (χ4v) is 2.52. The largest absolute Gasteiger partial charge is 0.319 e. The van der Waals surface area contributed by atoms with Gasteiger partial charge in [-0.1, -0.05) is 37.6 Å². The van der Waals surface area contributed by atoms with Crippen molar-refractivity contribution in [1.82, 2.24) is 10.2 Å². The van der Waals surface area contributed by atoms with Gasteiger partial charge in [0, 0.05) is 11.1 Å². The molecule has 104 valence electrons. The Kier molecular flexibility index (Phi) is 4.16. The second-order valence-corrected chi connectivity index (χ2v) is 6.01. The number of carbonyl (C=O) groups is 1. The van der Waals surface area contributed by atoms with Crippen molar-refractivity contribution in [2.45, 2.75) is 45.9 Å². The van der Waals surface area contributed by atoms with Crippen LogP contribution in [0.1, 0.15) is 39.4 Å². The Morgan fingerprint density at radius 2 is 1.79 bits per heavy atom. The summed E-state index contributed by atoms with van der Waals surface area (Å²) in [7, 11) is 0. The molecule has 0 spiro atoms. The summed E-state index contributed by atoms with van der Waals surface area (Å²) in [5.74, 6) is 0.590. The van der Waals surface area contributed by atoms with Gasteiger partial charge in [0.25, 0.3) is 0 Å². The third-order valence-electron chi connectivity index (χ3n) is 3.90. The van der Waals surface area contributed by atoms with Crippen molar-refractivity contribution in [3.05, 3.63) is 34.9 Å². The lowest BCUT2D eigenvalue weighted by Gasteiger charge is -2.33. The molecule has 1 saturated heterocycles. The van der Waals surface area contributed by atoms with Gasteiger partial charge in [0.2, 0.25) is 5.91 Å². The second kappa shape index (κ2) is 5.51. The van der Waals surface area contributed by atoms with Crippen molar-refractivity contribution in [2.75, 3.05) is 0 Å². The lowest BCUT2D eigenvalue weighted by molar-refractivity contribution is -0.132. The lowest BCUT2D eigenvalue weighted by Crippen LogP contribution is -2.41. The van der Waals surface area contributed by atoms with Gasteiger partial charge in [-0.05, 0) is 37.5 Å². The van der Waals surface area contributed by atoms with Gasteiger partial charge in [0.15, 0.2) is 0 Å². The Morgan fingerprint density at radius 3 is 2.32 bits per heavy atom. The number of halogens is 1. The first-order chi connectivity index (χ1) is 8.91. The van der Waals surface area contributed by atoms with Crippen molar-refractivity contribution in [2.24, 2.45) is 5.92 Å². The fourth-order valence-electron chi connectivity index (χ4n) is 2.40. The summed E-state index contributed by atoms with van der Waals surface area (Å²) in [4.78, 5) is 14.3. The Balaban J connectivity index is 2.32. The predicted molar refractivity (Wildman–Crippen MR) is 77.9 cm³/mol. The van der Waals surface area contributed by atoms with Crippen molar-refractivity contribution in [3.8, 4) is 0 Å². The van der Waals surface area contributed by atoms with Gasteiger partial charge in [-0.25, -0.2) is 0 Å². The van der Waals surface area contributed by atoms with Crippen molar-refractivity contribution in [1.29, 1.82) is 0 Å². The summed E-state index contributed by atoms with van der Waals surface area (Å²) in [6.45, 7) is 8.29. The SMILES string of the molecule is CC1NC(c2ccc(Cl)cc2)N(C(C)C(C)C)C1=O. The average molecular weight is 281 g/mol. The summed E-state index contributed by atoms with van der Waals surface area (Å²) in [5.41, 5.74) is 1.08. The molecular weight excluding hydrogens is 260 g/mol. The van der Waals surface area contributed by atoms with Crippen LogP contribution in [0.2, 0.25) is 5.02 Å². The van der Waals surface area contributed by atoms with Crippen LogP contribution >= 0.6 is 11.6 Å². The van der Waals surface area contributed by atoms with E-state index >= 15 is 0 Å². The molecule has 1 fully saturated rings. The van der Waals surface area contributed by atoms with E-state index in [-0.39, 0.29) is 24.2 Å². The Morgan fingerprint density at radius 1 is 1.21 bits per heavy atom. The topological polar surface area (TPSA) is 32.3 Å². The molecule has 3 unspecified atom stereocenters. The number of nitrogens with zero attached hydrogens (tertiary/aromatic N) is 1. The lowest BCUT2D eigenvalue weighted by atomic mass is 10.0. The molecule has 0 bridgehead atoms. The van der Waals surface area contributed by atoms with Gasteiger partial charge in [-0.15, -0.1) is 0 Å². The molecule has 0 aliphatic carbocycles. The van der Waals surface area contributed by atoms with Gasteiger partial charge in [0.05, 0.1) is 6.04 Å². The maximum atomic E-state index is 12.3. The monoisotopic (exact) mass is 280 g/mol. The molecule has 0 radical (unpaired) electrons. The molecule has 1 aliphatic rings. The number of carbonyl (C=O) groups excluding carboxylic acids is 1. The zero-order chi connectivity index (χ0) is 14.2. The van der Waals surface area contributed by atoms with E-state index in [0.29, 0.717) is 10.9 Å². The van der Waals surface area contributed by atoms with E-state index in [1.54, 1.807) is 0 Å². The Bertz CT molecular complexity index is 458. The summed E-state index contributed by atoms with van der Waals surface area (Å²) in [6.07, 6.45) is -0.0582. The van der Waals surface area contributed by atoms with Crippen LogP contribution in [0.25, 0.3) is 0 Å². The van der Waals surface area contributed by atoms with Crippen LogP contribution in [0, 0.1) is 5.92 Å². The number of nitrogens with one attached hydrogen (secondary N) is 1. The van der Waals surface area contributed by atoms with Gasteiger partial charge in [-0.2, -0.15) is 0 Å². The molecule has 1 aromatic carbocycles. The van der Waals surface area contributed by atoms with Crippen LogP contribution in [0.15, 0.2) is 24.3 Å². The standard InChI is InChI=1S/C15H21ClN2O/c1-9(2)11(4)18-14(17-10(3)15(18)19)12-5-7-13(16)8-6-12/h5-11,14,17H,1-4H3. The first-order valence-electron chi connectivity index (χ1n) is 6.75. The number of benzene rings is 1. The number of amides is 1. The van der Waals surface area contributed by atoms with Crippen LogP contribution in [0.4, 0.5) is 0 Å². The molecule has 2 rings (SSSR count). The molecular formula is C15H21ClN2O. The normalized spacial score (nSPS) is 25.2. The second-order valence-electron chi connectivity index (χ2n) is 5.57. The van der Waals surface area contributed by atoms with E-state index in [1.165, 1.54) is 0 Å². The van der Waals surface area contributed by atoms with Crippen LogP contribution in [0.3, 0.4) is 0 Å². The molecule has 0 saturated carbocycles. The number of hydrogen-bond donors (Lipinski definition) is 1. The first-order valence-corrected chi connectivity index (χ1v) is 7.13. The minimum Gasteiger partial charge on any atom is -0.319 e. The average Bonchev–Trinajstić information content (AvgIpc) is 2.66. The third kappa shape index (κ3) is 2.77. The van der Waals surface area contributed by atoms with Crippen molar-refractivity contribution >= 4 is 17.5 Å². The molecule has 1 heterocycles. The van der Waals surface area contributed by atoms with E-state index in [9.17, 15) is 4.79 Å². The highest BCUT2D eigenvalue weighted by Crippen LogP contribution is 2.30. The van der Waals surface area contributed by atoms with Crippen LogP contribution in [-0.4, -0.2) is 22.9 Å². The highest BCUT2D eigenvalue weighted by molar-refractivity contribution is 6.30. The van der Waals surface area contributed by atoms with Gasteiger partial charge >= 0.3 is 0 Å². The van der Waals surface area contributed by atoms with Crippen molar-refractivity contribution in [3.63, 3.8) is 0 Å². The maximum absolute atomic E-state index is 12.3. The summed E-state index contributed by atoms with van der Waals surface area (Å²) >= 11 is 5.92. The predicted octanol–water partition coefficient (Wildman–Crippen LogP) is 3.20. The van der Waals surface area contributed by atoms with Gasteiger partial charge < -0.3 is 4.90 Å². The summed E-state index contributed by atoms with van der Waals surface area (Å²) in [6, 6.07) is 7.75. The van der Waals surface area contributed by atoms with E-state index in [0.717, 1.165) is 5.56 Å². The van der Waals surface area contributed by atoms with Gasteiger partial charge in [-0.3, -0.25) is 10.1 Å². The molecule has 1 amide bonds. The molecule has 1 aliphatic heterocycles. The number of hydrogen-bond acceptors (Lipinski definition) is 2. The van der Waals surface area contributed by atoms with Gasteiger partial charge in [0.1, 0.15) is 6.17 Å². The first kappa shape index (κ1) is 14.4. The van der Waals surface area contributed by atoms with Crippen molar-refractivity contribution < 1.29 is 4.79 Å². The summed E-state index contributed by atoms with van der Waals surface area (Å²) in [5, 5.41) is 4.07. The summed E-state index contributed by atoms with van der Waals surface area (Å²) < 4.78 is 0. The maximum Gasteiger partial charge on any atom is 0.241 e. The van der Waals surface area contributed by atoms with E-state index < -0.39 is 0 Å². The van der Waals surface area contributed by atoms with E-state index in [4.69, 9.17) is 11.6 Å². The smallest absolute Gasteiger partial charge is 0.241 e. The minimum absolute atomic E-state index is 0.0582. The minimum atomic E-state index is -0.137. The zero-order valence-electron chi connectivity index (χ0n) is 11.9. The van der Waals surface area contributed by atoms with Crippen LogP contribution in [0.5, 0.6) is 0 Å². The molecule has 4 heteroatoms. The fraction of sp³-hybridized carbons (Fsp3) is 0.533. The Labute approximate surface area is 119 Å². The third-order valence-corrected chi connectivity index (χ3v) is 4.15. The molecule has 0 aromatic heterocycles. The molecule has 1 N–H and O–H groups in total. The highest BCUT2D eigenvalue weighted by Gasteiger charge is 2.40. The molecule has 3 nitrogen and oxygen atoms in total. The van der Waals surface area contributed by atoms with Crippen LogP contribution < -0.4 is 5.32 Å². The van der Waals surface area contributed by atoms with E-state index in [1.807, 2.05) is 36.1 Å². The Hall–Kier alpha value is -1.06.